The van der Waals surface area contributed by atoms with Crippen molar-refractivity contribution in [1.29, 1.82) is 0 Å². The minimum absolute atomic E-state index is 0.0455. The molecular formula is C24H31N3O3. The van der Waals surface area contributed by atoms with Crippen molar-refractivity contribution >= 4 is 17.8 Å². The Morgan fingerprint density at radius 3 is 2.37 bits per heavy atom. The number of ether oxygens (including phenoxy) is 1. The molecule has 0 atom stereocenters. The second kappa shape index (κ2) is 8.78. The van der Waals surface area contributed by atoms with Gasteiger partial charge in [0.2, 0.25) is 0 Å². The smallest absolute Gasteiger partial charge is 0.414 e. The average Bonchev–Trinajstić information content (AvgIpc) is 3.01. The summed E-state index contributed by atoms with van der Waals surface area (Å²) in [5, 5.41) is 0. The highest BCUT2D eigenvalue weighted by Gasteiger charge is 2.29. The molecule has 0 unspecified atom stereocenters. The molecule has 0 bridgehead atoms. The first-order valence-electron chi connectivity index (χ1n) is 10.3. The topological polar surface area (TPSA) is 53.1 Å². The van der Waals surface area contributed by atoms with Gasteiger partial charge in [-0.2, -0.15) is 0 Å². The summed E-state index contributed by atoms with van der Waals surface area (Å²) in [6.07, 6.45) is -0.402. The predicted octanol–water partition coefficient (Wildman–Crippen LogP) is 4.80. The zero-order chi connectivity index (χ0) is 21.9. The number of aryl methyl sites for hydroxylation is 1. The maximum Gasteiger partial charge on any atom is 0.414 e. The molecule has 1 saturated heterocycles. The van der Waals surface area contributed by atoms with Gasteiger partial charge in [0.15, 0.2) is 0 Å². The van der Waals surface area contributed by atoms with Gasteiger partial charge in [0.05, 0.1) is 0 Å². The molecule has 160 valence electrons. The number of urea groups is 1. The third-order valence-corrected chi connectivity index (χ3v) is 5.14. The number of rotatable bonds is 5. The highest BCUT2D eigenvalue weighted by atomic mass is 16.6. The molecule has 1 heterocycles. The maximum atomic E-state index is 12.9. The third kappa shape index (κ3) is 5.32. The molecule has 0 radical (unpaired) electrons. The van der Waals surface area contributed by atoms with Gasteiger partial charge in [0.25, 0.3) is 0 Å². The van der Waals surface area contributed by atoms with Crippen molar-refractivity contribution in [2.24, 2.45) is 0 Å². The van der Waals surface area contributed by atoms with E-state index in [2.05, 4.69) is 19.1 Å². The van der Waals surface area contributed by atoms with Crippen molar-refractivity contribution in [3.63, 3.8) is 0 Å². The number of anilines is 1. The lowest BCUT2D eigenvalue weighted by molar-refractivity contribution is 0.0589. The largest absolute Gasteiger partial charge is 0.443 e. The van der Waals surface area contributed by atoms with Crippen LogP contribution >= 0.6 is 0 Å². The molecule has 30 heavy (non-hydrogen) atoms. The van der Waals surface area contributed by atoms with Gasteiger partial charge in [-0.3, -0.25) is 4.90 Å². The summed E-state index contributed by atoms with van der Waals surface area (Å²) in [5.41, 5.74) is 3.54. The van der Waals surface area contributed by atoms with Gasteiger partial charge < -0.3 is 14.5 Å². The summed E-state index contributed by atoms with van der Waals surface area (Å²) in [6, 6.07) is 15.9. The number of carbonyl (C=O) groups excluding carboxylic acids is 2. The van der Waals surface area contributed by atoms with Crippen LogP contribution in [-0.4, -0.2) is 47.7 Å². The fourth-order valence-electron chi connectivity index (χ4n) is 3.44. The number of nitrogens with zero attached hydrogens (tertiary/aromatic N) is 3. The first-order chi connectivity index (χ1) is 14.1. The Morgan fingerprint density at radius 2 is 1.70 bits per heavy atom. The van der Waals surface area contributed by atoms with Crippen molar-refractivity contribution in [2.45, 2.75) is 46.4 Å². The fourth-order valence-corrected chi connectivity index (χ4v) is 3.44. The van der Waals surface area contributed by atoms with E-state index in [0.717, 1.165) is 11.3 Å². The van der Waals surface area contributed by atoms with Crippen LogP contribution in [0, 0.1) is 6.92 Å². The molecule has 3 amide bonds. The SMILES string of the molecule is Cc1ccccc1CN1CCN(Cc2cccc(N(C)C(=O)OC(C)(C)C)c2)C1=O. The van der Waals surface area contributed by atoms with Crippen LogP contribution in [0.3, 0.4) is 0 Å². The molecule has 1 fully saturated rings. The van der Waals surface area contributed by atoms with Crippen molar-refractivity contribution < 1.29 is 14.3 Å². The van der Waals surface area contributed by atoms with Gasteiger partial charge in [-0.15, -0.1) is 0 Å². The van der Waals surface area contributed by atoms with E-state index in [1.165, 1.54) is 16.0 Å². The van der Waals surface area contributed by atoms with Crippen molar-refractivity contribution in [2.75, 3.05) is 25.0 Å². The van der Waals surface area contributed by atoms with Crippen LogP contribution < -0.4 is 4.90 Å². The predicted molar refractivity (Wildman–Crippen MR) is 118 cm³/mol. The Bertz CT molecular complexity index is 920. The zero-order valence-corrected chi connectivity index (χ0v) is 18.5. The number of carbonyl (C=O) groups is 2. The first kappa shape index (κ1) is 21.7. The molecule has 3 rings (SSSR count). The van der Waals surface area contributed by atoms with Gasteiger partial charge in [0.1, 0.15) is 5.60 Å². The van der Waals surface area contributed by atoms with Crippen LogP contribution in [0.4, 0.5) is 15.3 Å². The summed E-state index contributed by atoms with van der Waals surface area (Å²) in [4.78, 5) is 30.5. The van der Waals surface area contributed by atoms with Crippen molar-refractivity contribution in [3.8, 4) is 0 Å². The first-order valence-corrected chi connectivity index (χ1v) is 10.3. The maximum absolute atomic E-state index is 12.9. The number of amides is 3. The van der Waals surface area contributed by atoms with Crippen LogP contribution in [0.15, 0.2) is 48.5 Å². The third-order valence-electron chi connectivity index (χ3n) is 5.14. The molecule has 6 heteroatoms. The Morgan fingerprint density at radius 1 is 1.03 bits per heavy atom. The number of hydrogen-bond acceptors (Lipinski definition) is 3. The lowest BCUT2D eigenvalue weighted by atomic mass is 10.1. The average molecular weight is 410 g/mol. The molecule has 6 nitrogen and oxygen atoms in total. The van der Waals surface area contributed by atoms with Crippen LogP contribution in [0.1, 0.15) is 37.5 Å². The van der Waals surface area contributed by atoms with E-state index < -0.39 is 11.7 Å². The van der Waals surface area contributed by atoms with E-state index in [1.54, 1.807) is 7.05 Å². The number of benzene rings is 2. The van der Waals surface area contributed by atoms with E-state index in [4.69, 9.17) is 4.74 Å². The highest BCUT2D eigenvalue weighted by molar-refractivity contribution is 5.87. The van der Waals surface area contributed by atoms with Gasteiger partial charge in [-0.25, -0.2) is 9.59 Å². The lowest BCUT2D eigenvalue weighted by Gasteiger charge is -2.25. The Hall–Kier alpha value is -3.02. The van der Waals surface area contributed by atoms with Crippen molar-refractivity contribution in [1.82, 2.24) is 9.80 Å². The minimum atomic E-state index is -0.550. The summed E-state index contributed by atoms with van der Waals surface area (Å²) in [7, 11) is 1.69. The van der Waals surface area contributed by atoms with E-state index in [-0.39, 0.29) is 6.03 Å². The molecule has 0 aliphatic carbocycles. The van der Waals surface area contributed by atoms with Crippen molar-refractivity contribution in [3.05, 3.63) is 65.2 Å². The quantitative estimate of drug-likeness (QED) is 0.712. The van der Waals surface area contributed by atoms with Gasteiger partial charge in [0, 0.05) is 38.9 Å². The Kier molecular flexibility index (Phi) is 6.34. The van der Waals surface area contributed by atoms with E-state index in [1.807, 2.05) is 67.0 Å². The summed E-state index contributed by atoms with van der Waals surface area (Å²) in [5.74, 6) is 0. The molecule has 0 N–H and O–H groups in total. The zero-order valence-electron chi connectivity index (χ0n) is 18.5. The summed E-state index contributed by atoms with van der Waals surface area (Å²) < 4.78 is 5.44. The molecule has 2 aromatic rings. The van der Waals surface area contributed by atoms with E-state index >= 15 is 0 Å². The molecule has 0 saturated carbocycles. The lowest BCUT2D eigenvalue weighted by Crippen LogP contribution is -2.34. The molecule has 2 aromatic carbocycles. The molecular weight excluding hydrogens is 378 g/mol. The fraction of sp³-hybridized carbons (Fsp3) is 0.417. The normalized spacial score (nSPS) is 14.2. The van der Waals surface area contributed by atoms with E-state index in [9.17, 15) is 9.59 Å². The number of hydrogen-bond donors (Lipinski definition) is 0. The van der Waals surface area contributed by atoms with E-state index in [0.29, 0.717) is 26.2 Å². The van der Waals surface area contributed by atoms with Crippen LogP contribution in [0.2, 0.25) is 0 Å². The second-order valence-corrected chi connectivity index (χ2v) is 8.76. The minimum Gasteiger partial charge on any atom is -0.443 e. The molecule has 0 spiro atoms. The van der Waals surface area contributed by atoms with Crippen LogP contribution in [0.25, 0.3) is 0 Å². The highest BCUT2D eigenvalue weighted by Crippen LogP contribution is 2.22. The second-order valence-electron chi connectivity index (χ2n) is 8.76. The summed E-state index contributed by atoms with van der Waals surface area (Å²) in [6.45, 7) is 10.1. The van der Waals surface area contributed by atoms with Gasteiger partial charge in [-0.1, -0.05) is 36.4 Å². The Balaban J connectivity index is 1.64. The monoisotopic (exact) mass is 409 g/mol. The van der Waals surface area contributed by atoms with Crippen LogP contribution in [-0.2, 0) is 17.8 Å². The summed E-state index contributed by atoms with van der Waals surface area (Å²) >= 11 is 0. The van der Waals surface area contributed by atoms with Crippen LogP contribution in [0.5, 0.6) is 0 Å². The molecule has 0 aromatic heterocycles. The van der Waals surface area contributed by atoms with Gasteiger partial charge in [-0.05, 0) is 56.5 Å². The van der Waals surface area contributed by atoms with Gasteiger partial charge >= 0.3 is 12.1 Å². The molecule has 1 aliphatic rings. The standard InChI is InChI=1S/C24H31N3O3/c1-18-9-6-7-11-20(18)17-27-14-13-26(22(27)28)16-19-10-8-12-21(15-19)25(5)23(29)30-24(2,3)4/h6-12,15H,13-14,16-17H2,1-5H3. The Labute approximate surface area is 179 Å². The molecule has 1 aliphatic heterocycles.